The van der Waals surface area contributed by atoms with Crippen LogP contribution in [0.3, 0.4) is 0 Å². The van der Waals surface area contributed by atoms with Gasteiger partial charge in [-0.25, -0.2) is 9.36 Å². The predicted octanol–water partition coefficient (Wildman–Crippen LogP) is -1.29. The summed E-state index contributed by atoms with van der Waals surface area (Å²) in [7, 11) is 0. The Labute approximate surface area is 119 Å². The van der Waals surface area contributed by atoms with Crippen molar-refractivity contribution < 1.29 is 19.7 Å². The number of aliphatic hydroxyl groups is 2. The van der Waals surface area contributed by atoms with Crippen LogP contribution in [0.15, 0.2) is 27.9 Å². The van der Waals surface area contributed by atoms with Gasteiger partial charge in [0.2, 0.25) is 0 Å². The first-order valence-electron chi connectivity index (χ1n) is 6.41. The van der Waals surface area contributed by atoms with Gasteiger partial charge < -0.3 is 14.9 Å². The van der Waals surface area contributed by atoms with E-state index in [4.69, 9.17) is 9.84 Å². The van der Waals surface area contributed by atoms with Crippen molar-refractivity contribution in [2.24, 2.45) is 0 Å². The number of rotatable bonds is 4. The predicted molar refractivity (Wildman–Crippen MR) is 72.6 cm³/mol. The molecule has 1 fully saturated rings. The zero-order valence-corrected chi connectivity index (χ0v) is 11.4. The summed E-state index contributed by atoms with van der Waals surface area (Å²) in [5, 5.41) is 18.7. The van der Waals surface area contributed by atoms with Crippen LogP contribution in [0.2, 0.25) is 0 Å². The third kappa shape index (κ3) is 3.18. The Balaban J connectivity index is 2.39. The van der Waals surface area contributed by atoms with E-state index >= 15 is 0 Å². The number of ketones is 1. The molecule has 2 heterocycles. The van der Waals surface area contributed by atoms with Gasteiger partial charge >= 0.3 is 5.69 Å². The molecule has 8 heteroatoms. The molecule has 21 heavy (non-hydrogen) atoms. The molecule has 1 aliphatic rings. The van der Waals surface area contributed by atoms with Crippen LogP contribution in [0.25, 0.3) is 6.20 Å². The van der Waals surface area contributed by atoms with E-state index in [0.717, 1.165) is 27.5 Å². The van der Waals surface area contributed by atoms with Gasteiger partial charge in [0.1, 0.15) is 12.3 Å². The van der Waals surface area contributed by atoms with Crippen LogP contribution in [0.1, 0.15) is 19.6 Å². The summed E-state index contributed by atoms with van der Waals surface area (Å²) < 4.78 is 7.29. The lowest BCUT2D eigenvalue weighted by Gasteiger charge is -2.15. The zero-order chi connectivity index (χ0) is 15.6. The molecule has 0 radical (unpaired) electrons. The molecule has 3 unspecified atom stereocenters. The number of hydrogen-bond donors (Lipinski definition) is 2. The molecule has 8 nitrogen and oxygen atoms in total. The molecule has 1 aromatic rings. The van der Waals surface area contributed by atoms with Gasteiger partial charge in [0.15, 0.2) is 5.78 Å². The average molecular weight is 296 g/mol. The smallest absolute Gasteiger partial charge is 0.337 e. The number of aromatic nitrogens is 2. The summed E-state index contributed by atoms with van der Waals surface area (Å²) in [4.78, 5) is 34.8. The van der Waals surface area contributed by atoms with Crippen LogP contribution >= 0.6 is 0 Å². The highest BCUT2D eigenvalue weighted by Crippen LogP contribution is 2.26. The Morgan fingerprint density at radius 2 is 2.24 bits per heavy atom. The molecule has 2 N–H and O–H groups in total. The number of carbonyl (C=O) groups is 1. The number of nitrogens with zero attached hydrogens (tertiary/aromatic N) is 2. The van der Waals surface area contributed by atoms with Gasteiger partial charge in [-0.1, -0.05) is 0 Å². The molecule has 3 atom stereocenters. The second-order valence-electron chi connectivity index (χ2n) is 4.76. The molecule has 0 bridgehead atoms. The molecule has 0 aromatic carbocycles. The number of allylic oxidation sites excluding steroid dienone is 1. The molecule has 1 aromatic heterocycles. The standard InChI is InChI=1S/C13H16N2O6/c1-8(17)2-4-14-11(19)3-5-15(13(14)20)12-6-9(18)10(7-16)21-12/h2-5,9-10,12,16,18H,6-7H2,1H3/b4-2+. The Morgan fingerprint density at radius 3 is 2.81 bits per heavy atom. The van der Waals surface area contributed by atoms with Gasteiger partial charge in [-0.05, 0) is 13.0 Å². The normalized spacial score (nSPS) is 25.6. The molecule has 1 saturated heterocycles. The first-order chi connectivity index (χ1) is 9.93. The van der Waals surface area contributed by atoms with Gasteiger partial charge in [0.05, 0.1) is 12.7 Å². The Hall–Kier alpha value is -2.03. The highest BCUT2D eigenvalue weighted by molar-refractivity contribution is 5.89. The van der Waals surface area contributed by atoms with Crippen molar-refractivity contribution in [3.05, 3.63) is 39.2 Å². The molecule has 2 rings (SSSR count). The van der Waals surface area contributed by atoms with E-state index in [0.29, 0.717) is 0 Å². The Bertz CT molecular complexity index is 674. The van der Waals surface area contributed by atoms with E-state index < -0.39 is 29.7 Å². The first kappa shape index (κ1) is 15.4. The van der Waals surface area contributed by atoms with Gasteiger partial charge in [-0.3, -0.25) is 14.2 Å². The summed E-state index contributed by atoms with van der Waals surface area (Å²) in [5.41, 5.74) is -1.26. The highest BCUT2D eigenvalue weighted by Gasteiger charge is 2.35. The SMILES string of the molecule is CC(=O)/C=C/n1c(=O)ccn(C2CC(O)C(CO)O2)c1=O. The Kier molecular flexibility index (Phi) is 4.51. The van der Waals surface area contributed by atoms with Crippen LogP contribution in [0, 0.1) is 0 Å². The summed E-state index contributed by atoms with van der Waals surface area (Å²) >= 11 is 0. The molecular weight excluding hydrogens is 280 g/mol. The largest absolute Gasteiger partial charge is 0.394 e. The van der Waals surface area contributed by atoms with Crippen molar-refractivity contribution in [3.63, 3.8) is 0 Å². The minimum Gasteiger partial charge on any atom is -0.394 e. The van der Waals surface area contributed by atoms with Crippen LogP contribution in [0.5, 0.6) is 0 Å². The fourth-order valence-corrected chi connectivity index (χ4v) is 2.09. The summed E-state index contributed by atoms with van der Waals surface area (Å²) in [5.74, 6) is -0.301. The topological polar surface area (TPSA) is 111 Å². The molecule has 0 saturated carbocycles. The number of ether oxygens (including phenoxy) is 1. The molecule has 0 spiro atoms. The van der Waals surface area contributed by atoms with Gasteiger partial charge in [0, 0.05) is 24.9 Å². The van der Waals surface area contributed by atoms with Gasteiger partial charge in [-0.15, -0.1) is 0 Å². The maximum absolute atomic E-state index is 12.2. The van der Waals surface area contributed by atoms with Crippen LogP contribution in [-0.4, -0.2) is 43.9 Å². The maximum Gasteiger partial charge on any atom is 0.337 e. The van der Waals surface area contributed by atoms with Crippen LogP contribution in [-0.2, 0) is 9.53 Å². The van der Waals surface area contributed by atoms with Gasteiger partial charge in [0.25, 0.3) is 5.56 Å². The van der Waals surface area contributed by atoms with Crippen molar-refractivity contribution in [2.75, 3.05) is 6.61 Å². The molecule has 114 valence electrons. The molecule has 0 amide bonds. The number of aliphatic hydroxyl groups excluding tert-OH is 2. The minimum atomic E-state index is -0.889. The third-order valence-electron chi connectivity index (χ3n) is 3.19. The van der Waals surface area contributed by atoms with Crippen LogP contribution in [0.4, 0.5) is 0 Å². The van der Waals surface area contributed by atoms with E-state index in [1.54, 1.807) is 0 Å². The lowest BCUT2D eigenvalue weighted by atomic mass is 10.2. The van der Waals surface area contributed by atoms with Crippen molar-refractivity contribution in [3.8, 4) is 0 Å². The molecular formula is C13H16N2O6. The van der Waals surface area contributed by atoms with E-state index in [2.05, 4.69) is 0 Å². The lowest BCUT2D eigenvalue weighted by Crippen LogP contribution is -2.38. The summed E-state index contributed by atoms with van der Waals surface area (Å²) in [6.45, 7) is 0.932. The van der Waals surface area contributed by atoms with Crippen molar-refractivity contribution in [2.45, 2.75) is 31.8 Å². The van der Waals surface area contributed by atoms with Crippen molar-refractivity contribution >= 4 is 12.0 Å². The number of carbonyl (C=O) groups excluding carboxylic acids is 1. The van der Waals surface area contributed by atoms with Crippen LogP contribution < -0.4 is 11.2 Å². The molecule has 1 aliphatic heterocycles. The minimum absolute atomic E-state index is 0.125. The van der Waals surface area contributed by atoms with Gasteiger partial charge in [-0.2, -0.15) is 0 Å². The van der Waals surface area contributed by atoms with E-state index in [-0.39, 0.29) is 18.8 Å². The van der Waals surface area contributed by atoms with E-state index in [1.807, 2.05) is 0 Å². The van der Waals surface area contributed by atoms with Crippen molar-refractivity contribution in [1.82, 2.24) is 9.13 Å². The fourth-order valence-electron chi connectivity index (χ4n) is 2.09. The monoisotopic (exact) mass is 296 g/mol. The second kappa shape index (κ2) is 6.17. The fraction of sp³-hybridized carbons (Fsp3) is 0.462. The zero-order valence-electron chi connectivity index (χ0n) is 11.4. The number of hydrogen-bond acceptors (Lipinski definition) is 6. The summed E-state index contributed by atoms with van der Waals surface area (Å²) in [6.07, 6.45) is 1.16. The van der Waals surface area contributed by atoms with Crippen molar-refractivity contribution in [1.29, 1.82) is 0 Å². The maximum atomic E-state index is 12.2. The van der Waals surface area contributed by atoms with E-state index in [1.165, 1.54) is 13.1 Å². The lowest BCUT2D eigenvalue weighted by molar-refractivity contribution is -0.112. The summed E-state index contributed by atoms with van der Waals surface area (Å²) in [6, 6.07) is 1.16. The second-order valence-corrected chi connectivity index (χ2v) is 4.76. The third-order valence-corrected chi connectivity index (χ3v) is 3.19. The average Bonchev–Trinajstić information content (AvgIpc) is 2.79. The first-order valence-corrected chi connectivity index (χ1v) is 6.41. The Morgan fingerprint density at radius 1 is 1.52 bits per heavy atom. The quantitative estimate of drug-likeness (QED) is 0.669. The highest BCUT2D eigenvalue weighted by atomic mass is 16.5. The van der Waals surface area contributed by atoms with E-state index in [9.17, 15) is 19.5 Å². The molecule has 0 aliphatic carbocycles.